The Kier molecular flexibility index (Phi) is 10.8. The van der Waals surface area contributed by atoms with E-state index < -0.39 is 11.7 Å². The summed E-state index contributed by atoms with van der Waals surface area (Å²) in [5, 5.41) is 8.21. The summed E-state index contributed by atoms with van der Waals surface area (Å²) < 4.78 is 5.59. The van der Waals surface area contributed by atoms with Gasteiger partial charge < -0.3 is 15.4 Å². The minimum atomic E-state index is -0.606. The number of pyridine rings is 1. The van der Waals surface area contributed by atoms with Crippen molar-refractivity contribution in [2.24, 2.45) is 0 Å². The van der Waals surface area contributed by atoms with Crippen LogP contribution in [0.15, 0.2) is 97.3 Å². The van der Waals surface area contributed by atoms with Gasteiger partial charge in [-0.25, -0.2) is 4.79 Å². The van der Waals surface area contributed by atoms with Crippen LogP contribution in [0.1, 0.15) is 37.5 Å². The molecule has 2 amide bonds. The van der Waals surface area contributed by atoms with E-state index in [-0.39, 0.29) is 17.2 Å². The predicted molar refractivity (Wildman–Crippen MR) is 168 cm³/mol. The number of hydrogen-bond acceptors (Lipinski definition) is 5. The number of fused-ring (bicyclic) bond motifs is 1. The average molecular weight is 570 g/mol. The summed E-state index contributed by atoms with van der Waals surface area (Å²) in [6.07, 6.45) is 5.04. The molecule has 0 aliphatic rings. The Morgan fingerprint density at radius 1 is 0.878 bits per heavy atom. The second-order valence-corrected chi connectivity index (χ2v) is 12.3. The second kappa shape index (κ2) is 14.7. The van der Waals surface area contributed by atoms with Crippen LogP contribution >= 0.6 is 11.8 Å². The van der Waals surface area contributed by atoms with Crippen molar-refractivity contribution in [1.29, 1.82) is 0 Å². The molecule has 41 heavy (non-hydrogen) atoms. The highest BCUT2D eigenvalue weighted by molar-refractivity contribution is 8.00. The Hall–Kier alpha value is -3.84. The largest absolute Gasteiger partial charge is 0.444 e. The van der Waals surface area contributed by atoms with E-state index in [1.54, 1.807) is 18.0 Å². The molecule has 1 aromatic heterocycles. The Labute approximate surface area is 247 Å². The van der Waals surface area contributed by atoms with E-state index >= 15 is 0 Å². The highest BCUT2D eigenvalue weighted by atomic mass is 32.2. The van der Waals surface area contributed by atoms with Crippen LogP contribution in [0.4, 0.5) is 4.79 Å². The SMILES string of the molecule is CC(C)(C)OC(=O)N[C@H](CS[C@H](Cc1ccccc1)C(=O)NCCc1cccnc1)Cc1cccc2ccccc12. The quantitative estimate of drug-likeness (QED) is 0.207. The number of carbonyl (C=O) groups is 2. The maximum absolute atomic E-state index is 13.4. The van der Waals surface area contributed by atoms with Crippen molar-refractivity contribution < 1.29 is 14.3 Å². The smallest absolute Gasteiger partial charge is 0.407 e. The number of benzene rings is 3. The molecule has 0 radical (unpaired) electrons. The van der Waals surface area contributed by atoms with Gasteiger partial charge >= 0.3 is 6.09 Å². The summed E-state index contributed by atoms with van der Waals surface area (Å²) >= 11 is 1.57. The third-order valence-electron chi connectivity index (χ3n) is 6.56. The molecule has 0 aliphatic heterocycles. The highest BCUT2D eigenvalue weighted by Gasteiger charge is 2.25. The third kappa shape index (κ3) is 9.94. The molecular formula is C34H39N3O3S. The molecule has 0 saturated carbocycles. The van der Waals surface area contributed by atoms with Gasteiger partial charge in [0.05, 0.1) is 5.25 Å². The molecule has 2 N–H and O–H groups in total. The number of amides is 2. The van der Waals surface area contributed by atoms with E-state index in [4.69, 9.17) is 4.74 Å². The fourth-order valence-corrected chi connectivity index (χ4v) is 5.85. The fourth-order valence-electron chi connectivity index (χ4n) is 4.64. The van der Waals surface area contributed by atoms with Gasteiger partial charge in [-0.05, 0) is 73.6 Å². The van der Waals surface area contributed by atoms with Crippen LogP contribution in [0.2, 0.25) is 0 Å². The monoisotopic (exact) mass is 569 g/mol. The van der Waals surface area contributed by atoms with Crippen LogP contribution in [0.25, 0.3) is 10.8 Å². The molecule has 4 aromatic rings. The first kappa shape index (κ1) is 30.1. The minimum absolute atomic E-state index is 0.0103. The number of rotatable bonds is 12. The Bertz CT molecular complexity index is 1400. The molecule has 0 spiro atoms. The van der Waals surface area contributed by atoms with Crippen molar-refractivity contribution in [2.45, 2.75) is 56.9 Å². The fraction of sp³-hybridized carbons (Fsp3) is 0.324. The lowest BCUT2D eigenvalue weighted by atomic mass is 9.99. The first-order valence-corrected chi connectivity index (χ1v) is 15.1. The maximum atomic E-state index is 13.4. The third-order valence-corrected chi connectivity index (χ3v) is 7.94. The minimum Gasteiger partial charge on any atom is -0.444 e. The van der Waals surface area contributed by atoms with E-state index in [9.17, 15) is 9.59 Å². The lowest BCUT2D eigenvalue weighted by molar-refractivity contribution is -0.120. The van der Waals surface area contributed by atoms with Crippen molar-refractivity contribution >= 4 is 34.5 Å². The summed E-state index contributed by atoms with van der Waals surface area (Å²) in [5.74, 6) is 0.541. The number of alkyl carbamates (subject to hydrolysis) is 1. The lowest BCUT2D eigenvalue weighted by Gasteiger charge is -2.25. The number of thioether (sulfide) groups is 1. The van der Waals surface area contributed by atoms with Gasteiger partial charge in [0.25, 0.3) is 0 Å². The molecule has 0 saturated heterocycles. The number of ether oxygens (including phenoxy) is 1. The molecule has 6 nitrogen and oxygen atoms in total. The van der Waals surface area contributed by atoms with Crippen LogP contribution in [-0.4, -0.2) is 46.2 Å². The molecule has 7 heteroatoms. The lowest BCUT2D eigenvalue weighted by Crippen LogP contribution is -2.43. The summed E-state index contributed by atoms with van der Waals surface area (Å²) in [5.41, 5.74) is 2.71. The molecule has 1 heterocycles. The van der Waals surface area contributed by atoms with E-state index in [1.165, 1.54) is 0 Å². The number of carbonyl (C=O) groups excluding carboxylic acids is 2. The van der Waals surface area contributed by atoms with Gasteiger partial charge in [-0.1, -0.05) is 78.9 Å². The van der Waals surface area contributed by atoms with Gasteiger partial charge in [0.1, 0.15) is 5.60 Å². The van der Waals surface area contributed by atoms with Gasteiger partial charge in [0.2, 0.25) is 5.91 Å². The zero-order valence-corrected chi connectivity index (χ0v) is 24.8. The van der Waals surface area contributed by atoms with Crippen LogP contribution in [-0.2, 0) is 28.8 Å². The summed E-state index contributed by atoms with van der Waals surface area (Å²) in [4.78, 5) is 30.4. The number of nitrogens with one attached hydrogen (secondary N) is 2. The molecule has 3 aromatic carbocycles. The molecule has 0 aliphatic carbocycles. The Balaban J connectivity index is 1.49. The van der Waals surface area contributed by atoms with Crippen LogP contribution in [0, 0.1) is 0 Å². The molecule has 0 fully saturated rings. The first-order chi connectivity index (χ1) is 19.8. The highest BCUT2D eigenvalue weighted by Crippen LogP contribution is 2.24. The average Bonchev–Trinajstić information content (AvgIpc) is 2.95. The van der Waals surface area contributed by atoms with Crippen LogP contribution in [0.5, 0.6) is 0 Å². The van der Waals surface area contributed by atoms with E-state index in [0.29, 0.717) is 31.6 Å². The summed E-state index contributed by atoms with van der Waals surface area (Å²) in [7, 11) is 0. The van der Waals surface area contributed by atoms with Crippen LogP contribution in [0.3, 0.4) is 0 Å². The Morgan fingerprint density at radius 3 is 2.37 bits per heavy atom. The predicted octanol–water partition coefficient (Wildman–Crippen LogP) is 6.37. The van der Waals surface area contributed by atoms with Gasteiger partial charge in [0, 0.05) is 30.7 Å². The van der Waals surface area contributed by atoms with Crippen LogP contribution < -0.4 is 10.6 Å². The topological polar surface area (TPSA) is 80.3 Å². The van der Waals surface area contributed by atoms with Gasteiger partial charge in [-0.2, -0.15) is 0 Å². The van der Waals surface area contributed by atoms with E-state index in [0.717, 1.165) is 27.5 Å². The van der Waals surface area contributed by atoms with E-state index in [1.807, 2.05) is 87.6 Å². The van der Waals surface area contributed by atoms with Gasteiger partial charge in [-0.3, -0.25) is 9.78 Å². The van der Waals surface area contributed by atoms with Crippen molar-refractivity contribution in [3.63, 3.8) is 0 Å². The Morgan fingerprint density at radius 2 is 1.61 bits per heavy atom. The molecular weight excluding hydrogens is 530 g/mol. The maximum Gasteiger partial charge on any atom is 0.407 e. The van der Waals surface area contributed by atoms with Gasteiger partial charge in [-0.15, -0.1) is 11.8 Å². The zero-order valence-electron chi connectivity index (χ0n) is 24.0. The normalized spacial score (nSPS) is 12.9. The summed E-state index contributed by atoms with van der Waals surface area (Å²) in [6.45, 7) is 6.10. The van der Waals surface area contributed by atoms with Crippen molar-refractivity contribution in [3.05, 3.63) is 114 Å². The molecule has 2 atom stereocenters. The number of hydrogen-bond donors (Lipinski definition) is 2. The van der Waals surface area contributed by atoms with Crippen molar-refractivity contribution in [1.82, 2.24) is 15.6 Å². The molecule has 4 rings (SSSR count). The molecule has 214 valence electrons. The van der Waals surface area contributed by atoms with Crippen molar-refractivity contribution in [3.8, 4) is 0 Å². The van der Waals surface area contributed by atoms with Crippen molar-refractivity contribution in [2.75, 3.05) is 12.3 Å². The molecule has 0 bridgehead atoms. The van der Waals surface area contributed by atoms with Gasteiger partial charge in [0.15, 0.2) is 0 Å². The first-order valence-electron chi connectivity index (χ1n) is 14.0. The number of nitrogens with zero attached hydrogens (tertiary/aromatic N) is 1. The molecule has 0 unspecified atom stereocenters. The second-order valence-electron chi connectivity index (χ2n) is 11.1. The van der Waals surface area contributed by atoms with E-state index in [2.05, 4.69) is 39.9 Å². The summed E-state index contributed by atoms with van der Waals surface area (Å²) in [6, 6.07) is 28.2. The number of aromatic nitrogens is 1. The zero-order chi connectivity index (χ0) is 29.1. The standard InChI is InChI=1S/C34H39N3O3S/c1-34(2,3)40-33(39)37-29(22-28-16-9-15-27-14-7-8-17-30(27)28)24-41-31(21-25-11-5-4-6-12-25)32(38)36-20-18-26-13-10-19-35-23-26/h4-17,19,23,29,31H,18,20-22,24H2,1-3H3,(H,36,38)(H,37,39)/t29-,31+/m0/s1.